The zero-order valence-corrected chi connectivity index (χ0v) is 9.99. The molecule has 0 aromatic rings. The van der Waals surface area contributed by atoms with E-state index in [1.165, 1.54) is 7.11 Å². The smallest absolute Gasteiger partial charge is 0.322 e. The molecule has 1 heterocycles. The third-order valence-corrected chi connectivity index (χ3v) is 2.85. The number of carbonyl (C=O) groups is 2. The molecule has 1 saturated heterocycles. The van der Waals surface area contributed by atoms with Gasteiger partial charge in [0.1, 0.15) is 6.04 Å². The maximum absolute atomic E-state index is 11.7. The van der Waals surface area contributed by atoms with Crippen LogP contribution in [0.25, 0.3) is 0 Å². The molecule has 0 spiro atoms. The first-order chi connectivity index (χ1) is 7.69. The molecule has 1 atom stereocenters. The number of nitrogens with zero attached hydrogens (tertiary/aromatic N) is 1. The Labute approximate surface area is 96.1 Å². The molecule has 1 fully saturated rings. The summed E-state index contributed by atoms with van der Waals surface area (Å²) in [6, 6.07) is -0.378. The summed E-state index contributed by atoms with van der Waals surface area (Å²) in [5.74, 6) is -0.239. The lowest BCUT2D eigenvalue weighted by Crippen LogP contribution is -2.44. The van der Waals surface area contributed by atoms with Crippen LogP contribution in [-0.4, -0.2) is 49.6 Å². The van der Waals surface area contributed by atoms with Crippen molar-refractivity contribution < 1.29 is 14.3 Å². The molecule has 0 unspecified atom stereocenters. The first-order valence-corrected chi connectivity index (χ1v) is 5.78. The average Bonchev–Trinajstić information content (AvgIpc) is 2.82. The van der Waals surface area contributed by atoms with Gasteiger partial charge in [0, 0.05) is 13.1 Å². The zero-order chi connectivity index (χ0) is 12.0. The number of ether oxygens (including phenoxy) is 1. The first kappa shape index (κ1) is 13.0. The summed E-state index contributed by atoms with van der Waals surface area (Å²) in [6.07, 6.45) is 2.79. The van der Waals surface area contributed by atoms with Crippen LogP contribution in [0.15, 0.2) is 0 Å². The van der Waals surface area contributed by atoms with E-state index in [4.69, 9.17) is 0 Å². The molecular formula is C11H20N2O3. The molecule has 0 aromatic carbocycles. The van der Waals surface area contributed by atoms with Gasteiger partial charge in [0.25, 0.3) is 0 Å². The van der Waals surface area contributed by atoms with Crippen molar-refractivity contribution in [1.82, 2.24) is 10.2 Å². The van der Waals surface area contributed by atoms with E-state index in [-0.39, 0.29) is 24.5 Å². The van der Waals surface area contributed by atoms with E-state index in [9.17, 15) is 9.59 Å². The van der Waals surface area contributed by atoms with E-state index < -0.39 is 0 Å². The predicted molar refractivity (Wildman–Crippen MR) is 59.9 cm³/mol. The quantitative estimate of drug-likeness (QED) is 0.680. The van der Waals surface area contributed by atoms with Crippen molar-refractivity contribution in [3.8, 4) is 0 Å². The summed E-state index contributed by atoms with van der Waals surface area (Å²) in [5.41, 5.74) is 0. The number of amides is 1. The van der Waals surface area contributed by atoms with Gasteiger partial charge in [-0.25, -0.2) is 0 Å². The molecule has 1 aliphatic heterocycles. The van der Waals surface area contributed by atoms with Gasteiger partial charge in [-0.3, -0.25) is 14.9 Å². The first-order valence-electron chi connectivity index (χ1n) is 5.78. The van der Waals surface area contributed by atoms with Crippen LogP contribution in [0.1, 0.15) is 26.2 Å². The maximum Gasteiger partial charge on any atom is 0.322 e. The lowest BCUT2D eigenvalue weighted by atomic mass is 10.2. The molecule has 1 rings (SSSR count). The zero-order valence-electron chi connectivity index (χ0n) is 9.99. The molecule has 1 amide bonds. The van der Waals surface area contributed by atoms with E-state index in [0.717, 1.165) is 25.9 Å². The normalized spacial score (nSPS) is 17.2. The monoisotopic (exact) mass is 228 g/mol. The molecule has 1 N–H and O–H groups in total. The summed E-state index contributed by atoms with van der Waals surface area (Å²) in [6.45, 7) is 3.79. The van der Waals surface area contributed by atoms with Crippen LogP contribution in [-0.2, 0) is 14.3 Å². The van der Waals surface area contributed by atoms with Crippen LogP contribution < -0.4 is 5.32 Å². The van der Waals surface area contributed by atoms with Crippen molar-refractivity contribution in [2.24, 2.45) is 0 Å². The molecule has 0 aromatic heterocycles. The number of nitrogens with one attached hydrogen (secondary N) is 1. The minimum Gasteiger partial charge on any atom is -0.468 e. The molecule has 5 nitrogen and oxygen atoms in total. The second-order valence-electron chi connectivity index (χ2n) is 3.95. The second kappa shape index (κ2) is 6.48. The van der Waals surface area contributed by atoms with Gasteiger partial charge in [0.2, 0.25) is 5.91 Å². The fourth-order valence-electron chi connectivity index (χ4n) is 1.83. The summed E-state index contributed by atoms with van der Waals surface area (Å²) < 4.78 is 4.63. The Balaban J connectivity index is 2.31. The van der Waals surface area contributed by atoms with E-state index in [2.05, 4.69) is 10.1 Å². The van der Waals surface area contributed by atoms with Crippen molar-refractivity contribution in [2.75, 3.05) is 26.7 Å². The third kappa shape index (κ3) is 3.48. The van der Waals surface area contributed by atoms with E-state index in [1.807, 2.05) is 11.8 Å². The van der Waals surface area contributed by atoms with E-state index in [0.29, 0.717) is 6.42 Å². The lowest BCUT2D eigenvalue weighted by molar-refractivity contribution is -0.143. The van der Waals surface area contributed by atoms with Gasteiger partial charge in [-0.2, -0.15) is 0 Å². The summed E-state index contributed by atoms with van der Waals surface area (Å²) in [5, 5.41) is 2.93. The van der Waals surface area contributed by atoms with Crippen LogP contribution >= 0.6 is 0 Å². The number of likely N-dealkylation sites (tertiary alicyclic amines) is 1. The Kier molecular flexibility index (Phi) is 5.25. The molecule has 1 aliphatic rings. The number of hydrogen-bond acceptors (Lipinski definition) is 4. The highest BCUT2D eigenvalue weighted by Gasteiger charge is 2.21. The topological polar surface area (TPSA) is 58.6 Å². The molecule has 5 heteroatoms. The Morgan fingerprint density at radius 2 is 2.00 bits per heavy atom. The highest BCUT2D eigenvalue weighted by Crippen LogP contribution is 2.07. The fourth-order valence-corrected chi connectivity index (χ4v) is 1.83. The molecule has 0 bridgehead atoms. The highest BCUT2D eigenvalue weighted by molar-refractivity contribution is 5.80. The standard InChI is InChI=1S/C11H20N2O3/c1-3-9(11(15)16-2)12-8-10(14)13-6-4-5-7-13/h9,12H,3-8H2,1-2H3/t9-/m1/s1. The van der Waals surface area contributed by atoms with Gasteiger partial charge in [-0.1, -0.05) is 6.92 Å². The van der Waals surface area contributed by atoms with E-state index >= 15 is 0 Å². The van der Waals surface area contributed by atoms with Gasteiger partial charge < -0.3 is 9.64 Å². The largest absolute Gasteiger partial charge is 0.468 e. The predicted octanol–water partition coefficient (Wildman–Crippen LogP) is 0.150. The van der Waals surface area contributed by atoms with E-state index in [1.54, 1.807) is 0 Å². The number of carbonyl (C=O) groups excluding carboxylic acids is 2. The van der Waals surface area contributed by atoms with Crippen molar-refractivity contribution in [3.63, 3.8) is 0 Å². The highest BCUT2D eigenvalue weighted by atomic mass is 16.5. The average molecular weight is 228 g/mol. The number of esters is 1. The second-order valence-corrected chi connectivity index (χ2v) is 3.95. The van der Waals surface area contributed by atoms with Crippen LogP contribution in [0.5, 0.6) is 0 Å². The minimum absolute atomic E-state index is 0.0693. The summed E-state index contributed by atoms with van der Waals surface area (Å²) in [4.78, 5) is 24.8. The molecule has 16 heavy (non-hydrogen) atoms. The lowest BCUT2D eigenvalue weighted by Gasteiger charge is -2.18. The Bertz CT molecular complexity index is 250. The number of methoxy groups -OCH3 is 1. The molecule has 0 aliphatic carbocycles. The minimum atomic E-state index is -0.378. The van der Waals surface area contributed by atoms with Crippen molar-refractivity contribution in [2.45, 2.75) is 32.2 Å². The van der Waals surface area contributed by atoms with Crippen molar-refractivity contribution in [3.05, 3.63) is 0 Å². The third-order valence-electron chi connectivity index (χ3n) is 2.85. The van der Waals surface area contributed by atoms with Crippen molar-refractivity contribution >= 4 is 11.9 Å². The Morgan fingerprint density at radius 1 is 1.38 bits per heavy atom. The maximum atomic E-state index is 11.7. The van der Waals surface area contributed by atoms with Crippen LogP contribution in [0.4, 0.5) is 0 Å². The SMILES string of the molecule is CC[C@@H](NCC(=O)N1CCCC1)C(=O)OC. The van der Waals surface area contributed by atoms with Crippen LogP contribution in [0.2, 0.25) is 0 Å². The van der Waals surface area contributed by atoms with Gasteiger partial charge in [-0.15, -0.1) is 0 Å². The van der Waals surface area contributed by atoms with Gasteiger partial charge in [-0.05, 0) is 19.3 Å². The summed E-state index contributed by atoms with van der Waals surface area (Å²) in [7, 11) is 1.36. The van der Waals surface area contributed by atoms with Gasteiger partial charge in [0.05, 0.1) is 13.7 Å². The van der Waals surface area contributed by atoms with Crippen LogP contribution in [0, 0.1) is 0 Å². The number of hydrogen-bond donors (Lipinski definition) is 1. The molecular weight excluding hydrogens is 208 g/mol. The molecule has 0 saturated carbocycles. The molecule has 0 radical (unpaired) electrons. The summed E-state index contributed by atoms with van der Waals surface area (Å²) >= 11 is 0. The van der Waals surface area contributed by atoms with Crippen LogP contribution in [0.3, 0.4) is 0 Å². The fraction of sp³-hybridized carbons (Fsp3) is 0.818. The van der Waals surface area contributed by atoms with Crippen molar-refractivity contribution in [1.29, 1.82) is 0 Å². The number of rotatable bonds is 5. The molecule has 92 valence electrons. The Hall–Kier alpha value is -1.10. The Morgan fingerprint density at radius 3 is 2.50 bits per heavy atom. The van der Waals surface area contributed by atoms with Gasteiger partial charge in [0.15, 0.2) is 0 Å². The van der Waals surface area contributed by atoms with Gasteiger partial charge >= 0.3 is 5.97 Å².